The molecule has 5 nitrogen and oxygen atoms in total. The monoisotopic (exact) mass is 398 g/mol. The Morgan fingerprint density at radius 1 is 1.26 bits per heavy atom. The van der Waals surface area contributed by atoms with Gasteiger partial charge in [-0.05, 0) is 56.2 Å². The number of hydrogen-bond acceptors (Lipinski definition) is 3. The van der Waals surface area contributed by atoms with Gasteiger partial charge in [-0.15, -0.1) is 0 Å². The van der Waals surface area contributed by atoms with E-state index in [0.29, 0.717) is 36.6 Å². The van der Waals surface area contributed by atoms with Gasteiger partial charge in [-0.1, -0.05) is 15.9 Å². The first-order valence-corrected chi connectivity index (χ1v) is 10.4. The number of nitrogens with one attached hydrogen (secondary N) is 1. The van der Waals surface area contributed by atoms with Crippen LogP contribution in [0, 0.1) is 5.92 Å². The Bertz CT molecular complexity index is 785. The van der Waals surface area contributed by atoms with Crippen LogP contribution in [0.4, 0.5) is 5.69 Å². The molecule has 124 valence electrons. The zero-order chi connectivity index (χ0) is 16.4. The topological polar surface area (TPSA) is 66.5 Å². The molecular formula is C16H19BrN2O3S. The molecule has 0 bridgehead atoms. The lowest BCUT2D eigenvalue weighted by atomic mass is 10.1. The van der Waals surface area contributed by atoms with Crippen molar-refractivity contribution < 1.29 is 13.2 Å². The van der Waals surface area contributed by atoms with Crippen molar-refractivity contribution in [3.8, 4) is 0 Å². The van der Waals surface area contributed by atoms with E-state index >= 15 is 0 Å². The minimum absolute atomic E-state index is 0.0552. The molecule has 0 unspecified atom stereocenters. The molecule has 1 N–H and O–H groups in total. The maximum absolute atomic E-state index is 12.8. The number of carbonyl (C=O) groups excluding carboxylic acids is 1. The molecule has 2 saturated carbocycles. The van der Waals surface area contributed by atoms with Crippen molar-refractivity contribution >= 4 is 37.5 Å². The number of benzene rings is 1. The molecule has 23 heavy (non-hydrogen) atoms. The number of rotatable bonds is 5. The second-order valence-electron chi connectivity index (χ2n) is 6.84. The highest BCUT2D eigenvalue weighted by atomic mass is 79.9. The molecule has 1 heterocycles. The molecule has 7 heteroatoms. The average molecular weight is 399 g/mol. The van der Waals surface area contributed by atoms with Crippen LogP contribution in [0.15, 0.2) is 16.6 Å². The molecule has 2 aliphatic carbocycles. The fourth-order valence-corrected chi connectivity index (χ4v) is 5.19. The van der Waals surface area contributed by atoms with Crippen molar-refractivity contribution in [1.29, 1.82) is 0 Å². The largest absolute Gasteiger partial charge is 0.331 e. The highest BCUT2D eigenvalue weighted by Crippen LogP contribution is 2.41. The van der Waals surface area contributed by atoms with Gasteiger partial charge in [0.25, 0.3) is 5.91 Å². The van der Waals surface area contributed by atoms with Crippen molar-refractivity contribution in [1.82, 2.24) is 4.90 Å². The Morgan fingerprint density at radius 3 is 2.57 bits per heavy atom. The summed E-state index contributed by atoms with van der Waals surface area (Å²) in [5, 5.41) is -0.310. The minimum Gasteiger partial charge on any atom is -0.331 e. The Morgan fingerprint density at radius 2 is 1.96 bits per heavy atom. The molecule has 3 aliphatic rings. The highest BCUT2D eigenvalue weighted by Gasteiger charge is 2.41. The number of hydrogen-bond donors (Lipinski definition) is 1. The van der Waals surface area contributed by atoms with Gasteiger partial charge in [0.15, 0.2) is 0 Å². The number of anilines is 1. The molecule has 0 spiro atoms. The molecule has 2 fully saturated rings. The van der Waals surface area contributed by atoms with Gasteiger partial charge in [0, 0.05) is 17.1 Å². The molecule has 4 rings (SSSR count). The van der Waals surface area contributed by atoms with E-state index in [1.54, 1.807) is 6.07 Å². The summed E-state index contributed by atoms with van der Waals surface area (Å²) in [5.74, 6) is 0.531. The number of sulfonamides is 1. The quantitative estimate of drug-likeness (QED) is 0.828. The Labute approximate surface area is 144 Å². The van der Waals surface area contributed by atoms with E-state index in [9.17, 15) is 13.2 Å². The van der Waals surface area contributed by atoms with Crippen LogP contribution in [0.5, 0.6) is 0 Å². The molecule has 1 aromatic carbocycles. The first-order chi connectivity index (χ1) is 10.9. The second kappa shape index (κ2) is 5.21. The number of nitrogens with zero attached hydrogens (tertiary/aromatic N) is 1. The minimum atomic E-state index is -3.39. The van der Waals surface area contributed by atoms with Gasteiger partial charge in [0.05, 0.1) is 16.5 Å². The van der Waals surface area contributed by atoms with Crippen molar-refractivity contribution in [2.45, 2.75) is 50.4 Å². The van der Waals surface area contributed by atoms with Gasteiger partial charge in [-0.2, -0.15) is 0 Å². The Kier molecular flexibility index (Phi) is 3.50. The fraction of sp³-hybridized carbons (Fsp3) is 0.562. The molecule has 1 atom stereocenters. The Balaban J connectivity index is 1.69. The number of fused-ring (bicyclic) bond motifs is 1. The van der Waals surface area contributed by atoms with Gasteiger partial charge >= 0.3 is 0 Å². The third-order valence-electron chi connectivity index (χ3n) is 5.01. The summed E-state index contributed by atoms with van der Waals surface area (Å²) < 4.78 is 28.0. The van der Waals surface area contributed by atoms with Crippen LogP contribution in [-0.2, 0) is 16.6 Å². The van der Waals surface area contributed by atoms with E-state index in [2.05, 4.69) is 27.6 Å². The SMILES string of the molecule is C[C@@H](C1CC1)N1Cc2cc(Br)cc(NS(=O)(=O)C3CC3)c2C1=O. The smallest absolute Gasteiger partial charge is 0.256 e. The lowest BCUT2D eigenvalue weighted by molar-refractivity contribution is 0.0698. The molecule has 0 aromatic heterocycles. The van der Waals surface area contributed by atoms with E-state index in [-0.39, 0.29) is 17.2 Å². The summed E-state index contributed by atoms with van der Waals surface area (Å²) in [6.07, 6.45) is 3.74. The molecule has 1 aliphatic heterocycles. The lowest BCUT2D eigenvalue weighted by Crippen LogP contribution is -2.35. The van der Waals surface area contributed by atoms with Crippen LogP contribution in [0.1, 0.15) is 48.5 Å². The summed E-state index contributed by atoms with van der Waals surface area (Å²) >= 11 is 3.43. The van der Waals surface area contributed by atoms with Crippen LogP contribution in [0.3, 0.4) is 0 Å². The van der Waals surface area contributed by atoms with Gasteiger partial charge in [0.1, 0.15) is 0 Å². The van der Waals surface area contributed by atoms with Crippen molar-refractivity contribution in [2.75, 3.05) is 4.72 Å². The molecule has 0 radical (unpaired) electrons. The summed E-state index contributed by atoms with van der Waals surface area (Å²) in [5.41, 5.74) is 1.83. The predicted molar refractivity (Wildman–Crippen MR) is 91.8 cm³/mol. The van der Waals surface area contributed by atoms with Gasteiger partial charge in [-0.3, -0.25) is 9.52 Å². The summed E-state index contributed by atoms with van der Waals surface area (Å²) in [6.45, 7) is 2.65. The van der Waals surface area contributed by atoms with E-state index in [1.807, 2.05) is 11.0 Å². The summed E-state index contributed by atoms with van der Waals surface area (Å²) in [7, 11) is -3.39. The zero-order valence-corrected chi connectivity index (χ0v) is 15.3. The lowest BCUT2D eigenvalue weighted by Gasteiger charge is -2.24. The first-order valence-electron chi connectivity index (χ1n) is 8.02. The van der Waals surface area contributed by atoms with Gasteiger partial charge < -0.3 is 4.90 Å². The van der Waals surface area contributed by atoms with Crippen LogP contribution in [0.25, 0.3) is 0 Å². The third-order valence-corrected chi connectivity index (χ3v) is 7.32. The average Bonchev–Trinajstić information content (AvgIpc) is 3.35. The van der Waals surface area contributed by atoms with E-state index < -0.39 is 10.0 Å². The van der Waals surface area contributed by atoms with Gasteiger partial charge in [-0.25, -0.2) is 8.42 Å². The van der Waals surface area contributed by atoms with Crippen LogP contribution < -0.4 is 4.72 Å². The number of amides is 1. The van der Waals surface area contributed by atoms with Crippen molar-refractivity contribution in [3.63, 3.8) is 0 Å². The predicted octanol–water partition coefficient (Wildman–Crippen LogP) is 3.11. The third kappa shape index (κ3) is 2.78. The normalized spacial score (nSPS) is 22.2. The zero-order valence-electron chi connectivity index (χ0n) is 12.9. The second-order valence-corrected chi connectivity index (χ2v) is 9.72. The number of carbonyl (C=O) groups is 1. The molecular weight excluding hydrogens is 380 g/mol. The standard InChI is InChI=1S/C16H19BrN2O3S/c1-9(10-2-3-10)19-8-11-6-12(17)7-14(15(11)16(19)20)18-23(21,22)13-4-5-13/h6-7,9-10,13,18H,2-5,8H2,1H3/t9-/m0/s1. The Hall–Kier alpha value is -1.08. The fourth-order valence-electron chi connectivity index (χ4n) is 3.30. The highest BCUT2D eigenvalue weighted by molar-refractivity contribution is 9.10. The van der Waals surface area contributed by atoms with Crippen LogP contribution in [-0.4, -0.2) is 30.5 Å². The van der Waals surface area contributed by atoms with E-state index in [0.717, 1.165) is 10.0 Å². The molecule has 1 aromatic rings. The maximum Gasteiger partial charge on any atom is 0.256 e. The van der Waals surface area contributed by atoms with Crippen molar-refractivity contribution in [3.05, 3.63) is 27.7 Å². The molecule has 0 saturated heterocycles. The van der Waals surface area contributed by atoms with Crippen LogP contribution in [0.2, 0.25) is 0 Å². The number of halogens is 1. The van der Waals surface area contributed by atoms with E-state index in [4.69, 9.17) is 0 Å². The van der Waals surface area contributed by atoms with Crippen molar-refractivity contribution in [2.24, 2.45) is 5.92 Å². The van der Waals surface area contributed by atoms with Crippen LogP contribution >= 0.6 is 15.9 Å². The molecule has 1 amide bonds. The summed E-state index contributed by atoms with van der Waals surface area (Å²) in [6, 6.07) is 3.82. The first kappa shape index (κ1) is 15.4. The summed E-state index contributed by atoms with van der Waals surface area (Å²) in [4.78, 5) is 14.7. The van der Waals surface area contributed by atoms with Gasteiger partial charge in [0.2, 0.25) is 10.0 Å². The maximum atomic E-state index is 12.8. The van der Waals surface area contributed by atoms with E-state index in [1.165, 1.54) is 12.8 Å².